The van der Waals surface area contributed by atoms with Gasteiger partial charge in [-0.25, -0.2) is 0 Å². The smallest absolute Gasteiger partial charge is 0.257 e. The Morgan fingerprint density at radius 2 is 1.81 bits per heavy atom. The summed E-state index contributed by atoms with van der Waals surface area (Å²) in [7, 11) is 3.22. The zero-order valence-electron chi connectivity index (χ0n) is 14.7. The maximum absolute atomic E-state index is 13.0. The van der Waals surface area contributed by atoms with E-state index in [0.717, 1.165) is 11.3 Å². The molecule has 2 aromatic rings. The number of thiocarbonyl (C=S) groups is 1. The Bertz CT molecular complexity index is 906. The first-order chi connectivity index (χ1) is 13.0. The van der Waals surface area contributed by atoms with Crippen molar-refractivity contribution in [2.75, 3.05) is 24.9 Å². The minimum Gasteiger partial charge on any atom is -0.493 e. The van der Waals surface area contributed by atoms with Crippen molar-refractivity contribution < 1.29 is 14.3 Å². The number of ether oxygens (including phenoxy) is 2. The molecule has 27 heavy (non-hydrogen) atoms. The molecule has 2 aliphatic heterocycles. The van der Waals surface area contributed by atoms with Crippen LogP contribution in [0.25, 0.3) is 0 Å². The third-order valence-corrected chi connectivity index (χ3v) is 6.66. The van der Waals surface area contributed by atoms with Crippen molar-refractivity contribution >= 4 is 52.3 Å². The van der Waals surface area contributed by atoms with E-state index in [1.165, 1.54) is 0 Å². The van der Waals surface area contributed by atoms with E-state index < -0.39 is 0 Å². The second-order valence-corrected chi connectivity index (χ2v) is 8.07. The molecule has 2 atom stereocenters. The zero-order chi connectivity index (χ0) is 19.1. The molecule has 5 nitrogen and oxygen atoms in total. The Kier molecular flexibility index (Phi) is 4.92. The molecule has 8 heteroatoms. The molecular weight excluding hydrogens is 404 g/mol. The first kappa shape index (κ1) is 18.4. The van der Waals surface area contributed by atoms with Crippen molar-refractivity contribution in [3.05, 3.63) is 53.1 Å². The summed E-state index contributed by atoms with van der Waals surface area (Å²) in [4.78, 5) is 16.6. The number of benzene rings is 2. The van der Waals surface area contributed by atoms with Crippen molar-refractivity contribution in [1.29, 1.82) is 0 Å². The van der Waals surface area contributed by atoms with E-state index in [9.17, 15) is 4.79 Å². The summed E-state index contributed by atoms with van der Waals surface area (Å²) < 4.78 is 10.7. The maximum Gasteiger partial charge on any atom is 0.257 e. The highest BCUT2D eigenvalue weighted by molar-refractivity contribution is 7.99. The topological polar surface area (TPSA) is 42.0 Å². The van der Waals surface area contributed by atoms with Crippen molar-refractivity contribution in [2.24, 2.45) is 0 Å². The van der Waals surface area contributed by atoms with Crippen LogP contribution in [-0.4, -0.2) is 41.9 Å². The second-order valence-electron chi connectivity index (χ2n) is 6.16. The summed E-state index contributed by atoms with van der Waals surface area (Å²) in [6.45, 7) is 0. The van der Waals surface area contributed by atoms with Gasteiger partial charge in [-0.05, 0) is 54.2 Å². The van der Waals surface area contributed by atoms with Gasteiger partial charge in [-0.2, -0.15) is 0 Å². The summed E-state index contributed by atoms with van der Waals surface area (Å²) in [5.41, 5.74) is 1.76. The predicted octanol–water partition coefficient (Wildman–Crippen LogP) is 4.10. The van der Waals surface area contributed by atoms with E-state index in [2.05, 4.69) is 0 Å². The highest BCUT2D eigenvalue weighted by Crippen LogP contribution is 2.47. The summed E-state index contributed by atoms with van der Waals surface area (Å²) >= 11 is 13.4. The first-order valence-corrected chi connectivity index (χ1v) is 10.1. The number of halogens is 1. The lowest BCUT2D eigenvalue weighted by Gasteiger charge is -2.26. The van der Waals surface area contributed by atoms with Gasteiger partial charge >= 0.3 is 0 Å². The van der Waals surface area contributed by atoms with E-state index >= 15 is 0 Å². The number of fused-ring (bicyclic) bond motifs is 1. The molecule has 0 bridgehead atoms. The first-order valence-electron chi connectivity index (χ1n) is 8.30. The molecule has 0 aromatic heterocycles. The molecule has 0 spiro atoms. The van der Waals surface area contributed by atoms with E-state index in [4.69, 9.17) is 33.3 Å². The van der Waals surface area contributed by atoms with Gasteiger partial charge in [-0.1, -0.05) is 17.7 Å². The van der Waals surface area contributed by atoms with Gasteiger partial charge in [-0.15, -0.1) is 11.8 Å². The number of hydrogen-bond donors (Lipinski definition) is 0. The van der Waals surface area contributed by atoms with Crippen LogP contribution >= 0.6 is 35.6 Å². The van der Waals surface area contributed by atoms with Crippen molar-refractivity contribution in [2.45, 2.75) is 11.4 Å². The molecule has 2 aliphatic rings. The summed E-state index contributed by atoms with van der Waals surface area (Å²) in [6.07, 6.45) is 0. The molecular formula is C19H17ClN2O3S2. The monoisotopic (exact) mass is 420 g/mol. The summed E-state index contributed by atoms with van der Waals surface area (Å²) in [5.74, 6) is 2.01. The molecule has 0 saturated carbocycles. The Morgan fingerprint density at radius 1 is 1.11 bits per heavy atom. The van der Waals surface area contributed by atoms with Crippen LogP contribution in [0.5, 0.6) is 11.5 Å². The van der Waals surface area contributed by atoms with Gasteiger partial charge in [0.15, 0.2) is 16.6 Å². The Morgan fingerprint density at radius 3 is 2.48 bits per heavy atom. The number of methoxy groups -OCH3 is 2. The SMILES string of the molecule is COc1ccc(C2SC[C@H]3C(=O)N(c4ccc(Cl)cc4)C(=S)N23)cc1OC. The van der Waals surface area contributed by atoms with Crippen LogP contribution < -0.4 is 14.4 Å². The van der Waals surface area contributed by atoms with Crippen molar-refractivity contribution in [3.63, 3.8) is 0 Å². The molecule has 0 radical (unpaired) electrons. The molecule has 4 rings (SSSR count). The highest BCUT2D eigenvalue weighted by Gasteiger charge is 2.50. The van der Waals surface area contributed by atoms with Gasteiger partial charge in [0.25, 0.3) is 5.91 Å². The minimum absolute atomic E-state index is 0.00204. The Hall–Kier alpha value is -1.96. The van der Waals surface area contributed by atoms with Crippen LogP contribution in [0.15, 0.2) is 42.5 Å². The van der Waals surface area contributed by atoms with E-state index in [1.54, 1.807) is 43.0 Å². The fourth-order valence-corrected chi connectivity index (χ4v) is 5.41. The number of anilines is 1. The molecule has 2 saturated heterocycles. The fraction of sp³-hybridized carbons (Fsp3) is 0.263. The average molecular weight is 421 g/mol. The number of amides is 1. The quantitative estimate of drug-likeness (QED) is 0.693. The normalized spacial score (nSPS) is 21.6. The molecule has 140 valence electrons. The summed E-state index contributed by atoms with van der Waals surface area (Å²) in [5, 5.41) is 1.08. The lowest BCUT2D eigenvalue weighted by atomic mass is 10.1. The van der Waals surface area contributed by atoms with E-state index in [-0.39, 0.29) is 17.3 Å². The number of carbonyl (C=O) groups excluding carboxylic acids is 1. The molecule has 1 amide bonds. The van der Waals surface area contributed by atoms with Crippen LogP contribution in [0, 0.1) is 0 Å². The van der Waals surface area contributed by atoms with Gasteiger partial charge < -0.3 is 14.4 Å². The van der Waals surface area contributed by atoms with Crippen LogP contribution in [-0.2, 0) is 4.79 Å². The molecule has 2 heterocycles. The standard InChI is InChI=1S/C19H17ClN2O3S2/c1-24-15-8-3-11(9-16(15)25-2)18-22-14(10-27-18)17(23)21(19(22)26)13-6-4-12(20)5-7-13/h3-9,14,18H,10H2,1-2H3/t14-,18?/m0/s1. The molecule has 1 unspecified atom stereocenters. The number of carbonyl (C=O) groups is 1. The van der Waals surface area contributed by atoms with Gasteiger partial charge in [0.2, 0.25) is 0 Å². The Balaban J connectivity index is 1.67. The largest absolute Gasteiger partial charge is 0.493 e. The molecule has 2 fully saturated rings. The lowest BCUT2D eigenvalue weighted by molar-refractivity contribution is -0.119. The van der Waals surface area contributed by atoms with Crippen molar-refractivity contribution in [1.82, 2.24) is 4.90 Å². The number of hydrogen-bond acceptors (Lipinski definition) is 5. The Labute approximate surface area is 172 Å². The van der Waals surface area contributed by atoms with Crippen LogP contribution in [0.3, 0.4) is 0 Å². The number of thioether (sulfide) groups is 1. The summed E-state index contributed by atoms with van der Waals surface area (Å²) in [6, 6.07) is 12.7. The predicted molar refractivity (Wildman–Crippen MR) is 112 cm³/mol. The van der Waals surface area contributed by atoms with Crippen LogP contribution in [0.2, 0.25) is 5.02 Å². The van der Waals surface area contributed by atoms with Crippen LogP contribution in [0.1, 0.15) is 10.9 Å². The van der Waals surface area contributed by atoms with E-state index in [0.29, 0.717) is 27.4 Å². The van der Waals surface area contributed by atoms with Crippen molar-refractivity contribution in [3.8, 4) is 11.5 Å². The van der Waals surface area contributed by atoms with Gasteiger partial charge in [0.05, 0.1) is 19.9 Å². The molecule has 0 aliphatic carbocycles. The molecule has 2 aromatic carbocycles. The fourth-order valence-electron chi connectivity index (χ4n) is 3.38. The average Bonchev–Trinajstić information content (AvgIpc) is 3.23. The second kappa shape index (κ2) is 7.22. The lowest BCUT2D eigenvalue weighted by Crippen LogP contribution is -2.33. The maximum atomic E-state index is 13.0. The minimum atomic E-state index is -0.267. The zero-order valence-corrected chi connectivity index (χ0v) is 17.1. The number of nitrogens with zero attached hydrogens (tertiary/aromatic N) is 2. The number of rotatable bonds is 4. The van der Waals surface area contributed by atoms with Gasteiger partial charge in [-0.3, -0.25) is 9.69 Å². The van der Waals surface area contributed by atoms with Gasteiger partial charge in [0.1, 0.15) is 11.4 Å². The molecule has 0 N–H and O–H groups in total. The third-order valence-electron chi connectivity index (χ3n) is 4.70. The third kappa shape index (κ3) is 3.03. The van der Waals surface area contributed by atoms with Gasteiger partial charge in [0, 0.05) is 10.8 Å². The van der Waals surface area contributed by atoms with Crippen LogP contribution in [0.4, 0.5) is 5.69 Å². The highest BCUT2D eigenvalue weighted by atomic mass is 35.5. The van der Waals surface area contributed by atoms with E-state index in [1.807, 2.05) is 35.2 Å².